The fraction of sp³-hybridized carbons (Fsp3) is 0.524. The third-order valence-electron chi connectivity index (χ3n) is 5.87. The van der Waals surface area contributed by atoms with E-state index in [4.69, 9.17) is 0 Å². The quantitative estimate of drug-likeness (QED) is 0.852. The molecule has 2 fully saturated rings. The molecule has 0 unspecified atom stereocenters. The summed E-state index contributed by atoms with van der Waals surface area (Å²) in [7, 11) is 0. The normalized spacial score (nSPS) is 18.8. The van der Waals surface area contributed by atoms with Gasteiger partial charge in [0, 0.05) is 43.0 Å². The molecule has 3 heterocycles. The second-order valence-corrected chi connectivity index (χ2v) is 7.82. The van der Waals surface area contributed by atoms with Crippen molar-refractivity contribution in [3.8, 4) is 11.3 Å². The Labute approximate surface area is 164 Å². The zero-order chi connectivity index (χ0) is 19.3. The summed E-state index contributed by atoms with van der Waals surface area (Å²) in [6.45, 7) is 1.20. The highest BCUT2D eigenvalue weighted by atomic mass is 16.2. The summed E-state index contributed by atoms with van der Waals surface area (Å²) in [4.78, 5) is 31.2. The number of hydrogen-bond acceptors (Lipinski definition) is 4. The van der Waals surface area contributed by atoms with Gasteiger partial charge in [-0.25, -0.2) is 0 Å². The Morgan fingerprint density at radius 3 is 2.61 bits per heavy atom. The number of aromatic amines is 1. The van der Waals surface area contributed by atoms with E-state index in [1.54, 1.807) is 18.5 Å². The molecule has 2 aromatic rings. The Kier molecular flexibility index (Phi) is 5.69. The van der Waals surface area contributed by atoms with Crippen molar-refractivity contribution >= 4 is 11.8 Å². The molecule has 0 aromatic carbocycles. The molecule has 7 heteroatoms. The van der Waals surface area contributed by atoms with Crippen molar-refractivity contribution in [3.05, 3.63) is 36.3 Å². The zero-order valence-corrected chi connectivity index (χ0v) is 16.1. The van der Waals surface area contributed by atoms with Crippen LogP contribution < -0.4 is 5.32 Å². The molecule has 28 heavy (non-hydrogen) atoms. The summed E-state index contributed by atoms with van der Waals surface area (Å²) in [6.07, 6.45) is 10.8. The molecule has 7 nitrogen and oxygen atoms in total. The van der Waals surface area contributed by atoms with Crippen molar-refractivity contribution in [3.63, 3.8) is 0 Å². The third-order valence-corrected chi connectivity index (χ3v) is 5.87. The van der Waals surface area contributed by atoms with Gasteiger partial charge in [0.25, 0.3) is 5.91 Å². The van der Waals surface area contributed by atoms with Crippen LogP contribution in [-0.4, -0.2) is 51.0 Å². The highest BCUT2D eigenvalue weighted by Gasteiger charge is 2.29. The van der Waals surface area contributed by atoms with E-state index in [-0.39, 0.29) is 17.7 Å². The topological polar surface area (TPSA) is 91.0 Å². The summed E-state index contributed by atoms with van der Waals surface area (Å²) >= 11 is 0. The molecule has 1 aliphatic heterocycles. The van der Waals surface area contributed by atoms with E-state index in [9.17, 15) is 9.59 Å². The first kappa shape index (κ1) is 18.7. The van der Waals surface area contributed by atoms with Gasteiger partial charge in [-0.2, -0.15) is 5.10 Å². The Morgan fingerprint density at radius 2 is 1.89 bits per heavy atom. The van der Waals surface area contributed by atoms with Gasteiger partial charge < -0.3 is 10.2 Å². The van der Waals surface area contributed by atoms with Gasteiger partial charge in [-0.05, 0) is 43.9 Å². The lowest BCUT2D eigenvalue weighted by molar-refractivity contribution is -0.127. The Balaban J connectivity index is 1.30. The number of piperidine rings is 1. The number of aromatic nitrogens is 3. The Bertz CT molecular complexity index is 805. The summed E-state index contributed by atoms with van der Waals surface area (Å²) in [5.74, 6) is 0.117. The van der Waals surface area contributed by atoms with E-state index >= 15 is 0 Å². The average molecular weight is 381 g/mol. The number of pyridine rings is 1. The van der Waals surface area contributed by atoms with Crippen LogP contribution in [-0.2, 0) is 4.79 Å². The largest absolute Gasteiger partial charge is 0.353 e. The Hall–Kier alpha value is -2.70. The molecule has 148 valence electrons. The zero-order valence-electron chi connectivity index (χ0n) is 16.1. The van der Waals surface area contributed by atoms with Crippen molar-refractivity contribution in [2.45, 2.75) is 51.0 Å². The lowest BCUT2D eigenvalue weighted by Crippen LogP contribution is -2.45. The Morgan fingerprint density at radius 1 is 1.11 bits per heavy atom. The molecule has 2 N–H and O–H groups in total. The van der Waals surface area contributed by atoms with E-state index in [1.165, 1.54) is 19.3 Å². The standard InChI is InChI=1S/C21H27N5O2/c27-20(23-17-6-2-1-3-7-17)15-8-11-26(12-9-15)21(28)19-13-18(24-25-19)16-5-4-10-22-14-16/h4-5,10,13-15,17H,1-3,6-9,11-12H2,(H,23,27)(H,24,25). The number of carbonyl (C=O) groups excluding carboxylic acids is 2. The van der Waals surface area contributed by atoms with Gasteiger partial charge in [0.2, 0.25) is 5.91 Å². The number of nitrogens with zero attached hydrogens (tertiary/aromatic N) is 3. The van der Waals surface area contributed by atoms with Crippen LogP contribution in [0.1, 0.15) is 55.4 Å². The molecule has 0 radical (unpaired) electrons. The van der Waals surface area contributed by atoms with Crippen LogP contribution >= 0.6 is 0 Å². The van der Waals surface area contributed by atoms with Crippen LogP contribution in [0.4, 0.5) is 0 Å². The molecule has 4 rings (SSSR count). The third kappa shape index (κ3) is 4.24. The number of nitrogens with one attached hydrogen (secondary N) is 2. The van der Waals surface area contributed by atoms with Gasteiger partial charge in [0.05, 0.1) is 5.69 Å². The molecule has 2 amide bonds. The number of H-pyrrole nitrogens is 1. The van der Waals surface area contributed by atoms with Crippen LogP contribution in [0.2, 0.25) is 0 Å². The van der Waals surface area contributed by atoms with Crippen molar-refractivity contribution < 1.29 is 9.59 Å². The van der Waals surface area contributed by atoms with Crippen LogP contribution in [0.15, 0.2) is 30.6 Å². The fourth-order valence-corrected chi connectivity index (χ4v) is 4.17. The first-order chi connectivity index (χ1) is 13.7. The van der Waals surface area contributed by atoms with Crippen molar-refractivity contribution in [2.75, 3.05) is 13.1 Å². The monoisotopic (exact) mass is 381 g/mol. The summed E-state index contributed by atoms with van der Waals surface area (Å²) in [5.41, 5.74) is 2.05. The second kappa shape index (κ2) is 8.54. The minimum absolute atomic E-state index is 0.0127. The molecule has 0 atom stereocenters. The minimum atomic E-state index is -0.0613. The molecule has 0 spiro atoms. The van der Waals surface area contributed by atoms with Crippen molar-refractivity contribution in [2.24, 2.45) is 5.92 Å². The van der Waals surface area contributed by atoms with E-state index in [2.05, 4.69) is 20.5 Å². The number of amides is 2. The van der Waals surface area contributed by atoms with Gasteiger partial charge >= 0.3 is 0 Å². The van der Waals surface area contributed by atoms with Gasteiger partial charge in [0.15, 0.2) is 0 Å². The molecule has 0 bridgehead atoms. The number of likely N-dealkylation sites (tertiary alicyclic amines) is 1. The maximum atomic E-state index is 12.8. The molecular formula is C21H27N5O2. The first-order valence-corrected chi connectivity index (χ1v) is 10.3. The van der Waals surface area contributed by atoms with Crippen molar-refractivity contribution in [1.29, 1.82) is 0 Å². The molecule has 2 aromatic heterocycles. The van der Waals surface area contributed by atoms with Crippen LogP contribution in [0.25, 0.3) is 11.3 Å². The molecule has 1 saturated heterocycles. The first-order valence-electron chi connectivity index (χ1n) is 10.3. The predicted octanol–water partition coefficient (Wildman–Crippen LogP) is 2.77. The van der Waals surface area contributed by atoms with Crippen molar-refractivity contribution in [1.82, 2.24) is 25.4 Å². The van der Waals surface area contributed by atoms with Crippen LogP contribution in [0.5, 0.6) is 0 Å². The van der Waals surface area contributed by atoms with Gasteiger partial charge in [-0.15, -0.1) is 0 Å². The molecule has 1 aliphatic carbocycles. The maximum Gasteiger partial charge on any atom is 0.271 e. The van der Waals surface area contributed by atoms with Gasteiger partial charge in [0.1, 0.15) is 5.69 Å². The van der Waals surface area contributed by atoms with E-state index in [1.807, 2.05) is 17.0 Å². The van der Waals surface area contributed by atoms with E-state index < -0.39 is 0 Å². The average Bonchev–Trinajstić information content (AvgIpc) is 3.25. The number of carbonyl (C=O) groups is 2. The lowest BCUT2D eigenvalue weighted by atomic mass is 9.92. The van der Waals surface area contributed by atoms with E-state index in [0.717, 1.165) is 18.4 Å². The van der Waals surface area contributed by atoms with Crippen LogP contribution in [0.3, 0.4) is 0 Å². The molecule has 2 aliphatic rings. The van der Waals surface area contributed by atoms with Gasteiger partial charge in [-0.1, -0.05) is 19.3 Å². The van der Waals surface area contributed by atoms with Crippen LogP contribution in [0, 0.1) is 5.92 Å². The lowest BCUT2D eigenvalue weighted by Gasteiger charge is -2.32. The second-order valence-electron chi connectivity index (χ2n) is 7.82. The maximum absolute atomic E-state index is 12.8. The summed E-state index contributed by atoms with van der Waals surface area (Å²) in [6, 6.07) is 5.86. The predicted molar refractivity (Wildman–Crippen MR) is 105 cm³/mol. The molecular weight excluding hydrogens is 354 g/mol. The fourth-order valence-electron chi connectivity index (χ4n) is 4.17. The number of rotatable bonds is 4. The number of hydrogen-bond donors (Lipinski definition) is 2. The smallest absolute Gasteiger partial charge is 0.271 e. The van der Waals surface area contributed by atoms with Gasteiger partial charge in [-0.3, -0.25) is 19.7 Å². The summed E-state index contributed by atoms with van der Waals surface area (Å²) in [5, 5.41) is 10.3. The SMILES string of the molecule is O=C(NC1CCCCC1)C1CCN(C(=O)c2cc(-c3cccnc3)n[nH]2)CC1. The molecule has 1 saturated carbocycles. The van der Waals surface area contributed by atoms with E-state index in [0.29, 0.717) is 43.4 Å². The minimum Gasteiger partial charge on any atom is -0.353 e. The highest BCUT2D eigenvalue weighted by molar-refractivity contribution is 5.93. The summed E-state index contributed by atoms with van der Waals surface area (Å²) < 4.78 is 0. The highest BCUT2D eigenvalue weighted by Crippen LogP contribution is 2.23.